The minimum Gasteiger partial charge on any atom is -0.324 e. The average molecular weight is 307 g/mol. The van der Waals surface area contributed by atoms with E-state index in [1.165, 1.54) is 0 Å². The molecule has 0 unspecified atom stereocenters. The van der Waals surface area contributed by atoms with E-state index in [-0.39, 0.29) is 12.1 Å². The number of hydrogen-bond acceptors (Lipinski definition) is 5. The number of nitrogens with zero attached hydrogens (tertiary/aromatic N) is 4. The Morgan fingerprint density at radius 2 is 1.87 bits per heavy atom. The highest BCUT2D eigenvalue weighted by Gasteiger charge is 2.13. The molecule has 1 amide bonds. The third-order valence-electron chi connectivity index (χ3n) is 3.34. The molecule has 1 N–H and O–H groups in total. The lowest BCUT2D eigenvalue weighted by atomic mass is 10.1. The van der Waals surface area contributed by atoms with Crippen molar-refractivity contribution in [3.05, 3.63) is 57.0 Å². The highest BCUT2D eigenvalue weighted by molar-refractivity contribution is 5.90. The van der Waals surface area contributed by atoms with Crippen molar-refractivity contribution in [1.82, 2.24) is 9.78 Å². The molecule has 0 radical (unpaired) electrons. The molecule has 0 aliphatic carbocycles. The van der Waals surface area contributed by atoms with E-state index < -0.39 is 11.5 Å². The minimum atomic E-state index is -0.592. The highest BCUT2D eigenvalue weighted by Crippen LogP contribution is 2.09. The number of nitrogens with one attached hydrogen (secondary N) is 1. The number of amides is 1. The van der Waals surface area contributed by atoms with Gasteiger partial charge in [-0.1, -0.05) is 0 Å². The molecule has 1 heterocycles. The van der Waals surface area contributed by atoms with Gasteiger partial charge in [-0.15, -0.1) is 0 Å². The summed E-state index contributed by atoms with van der Waals surface area (Å²) in [6.07, 6.45) is 0. The molecule has 23 heavy (non-hydrogen) atoms. The predicted molar refractivity (Wildman–Crippen MR) is 82.5 cm³/mol. The molecule has 7 nitrogen and oxygen atoms in total. The Morgan fingerprint density at radius 3 is 2.43 bits per heavy atom. The maximum Gasteiger partial charge on any atom is 0.285 e. The number of hydrogen-bond donors (Lipinski definition) is 1. The van der Waals surface area contributed by atoms with E-state index in [1.807, 2.05) is 12.1 Å². The molecule has 1 aromatic carbocycles. The van der Waals surface area contributed by atoms with Crippen molar-refractivity contribution < 1.29 is 4.79 Å². The molecule has 2 rings (SSSR count). The van der Waals surface area contributed by atoms with Gasteiger partial charge in [-0.05, 0) is 43.7 Å². The lowest BCUT2D eigenvalue weighted by Crippen LogP contribution is -2.32. The lowest BCUT2D eigenvalue weighted by Gasteiger charge is -2.09. The molecule has 2 aromatic rings. The largest absolute Gasteiger partial charge is 0.324 e. The van der Waals surface area contributed by atoms with Crippen molar-refractivity contribution in [2.75, 3.05) is 5.32 Å². The van der Waals surface area contributed by atoms with Crippen molar-refractivity contribution in [2.45, 2.75) is 20.4 Å². The molecule has 1 aromatic heterocycles. The number of nitriles is 2. The van der Waals surface area contributed by atoms with Crippen molar-refractivity contribution in [2.24, 2.45) is 0 Å². The molecule has 0 fully saturated rings. The fourth-order valence-electron chi connectivity index (χ4n) is 1.98. The van der Waals surface area contributed by atoms with Crippen LogP contribution in [0.3, 0.4) is 0 Å². The zero-order chi connectivity index (χ0) is 17.0. The second-order valence-electron chi connectivity index (χ2n) is 4.90. The van der Waals surface area contributed by atoms with Crippen LogP contribution in [0.4, 0.5) is 5.69 Å². The Morgan fingerprint density at radius 1 is 1.22 bits per heavy atom. The van der Waals surface area contributed by atoms with Gasteiger partial charge >= 0.3 is 0 Å². The van der Waals surface area contributed by atoms with Gasteiger partial charge in [0.2, 0.25) is 5.91 Å². The van der Waals surface area contributed by atoms with Crippen LogP contribution in [0, 0.1) is 36.5 Å². The molecular formula is C16H13N5O2. The van der Waals surface area contributed by atoms with Crippen LogP contribution >= 0.6 is 0 Å². The Balaban J connectivity index is 2.21. The summed E-state index contributed by atoms with van der Waals surface area (Å²) in [5.74, 6) is -0.448. The fraction of sp³-hybridized carbons (Fsp3) is 0.188. The van der Waals surface area contributed by atoms with Gasteiger partial charge in [0.05, 0.1) is 17.3 Å². The SMILES string of the molecule is Cc1nn(CC(=O)Nc2ccc(C#N)cc2)c(=O)c(C#N)c1C. The van der Waals surface area contributed by atoms with E-state index in [2.05, 4.69) is 10.4 Å². The molecule has 0 saturated heterocycles. The quantitative estimate of drug-likeness (QED) is 0.917. The molecule has 0 atom stereocenters. The topological polar surface area (TPSA) is 112 Å². The number of anilines is 1. The molecule has 7 heteroatoms. The summed E-state index contributed by atoms with van der Waals surface area (Å²) in [6, 6.07) is 10.2. The normalized spacial score (nSPS) is 9.74. The third kappa shape index (κ3) is 3.42. The molecule has 0 aliphatic heterocycles. The van der Waals surface area contributed by atoms with E-state index in [0.29, 0.717) is 22.5 Å². The molecular weight excluding hydrogens is 294 g/mol. The zero-order valence-corrected chi connectivity index (χ0v) is 12.6. The summed E-state index contributed by atoms with van der Waals surface area (Å²) in [4.78, 5) is 24.1. The first-order valence-corrected chi connectivity index (χ1v) is 6.74. The van der Waals surface area contributed by atoms with Crippen molar-refractivity contribution in [1.29, 1.82) is 10.5 Å². The lowest BCUT2D eigenvalue weighted by molar-refractivity contribution is -0.117. The van der Waals surface area contributed by atoms with Crippen LogP contribution in [0.25, 0.3) is 0 Å². The second-order valence-corrected chi connectivity index (χ2v) is 4.90. The van der Waals surface area contributed by atoms with Gasteiger partial charge in [-0.25, -0.2) is 4.68 Å². The van der Waals surface area contributed by atoms with Crippen molar-refractivity contribution in [3.63, 3.8) is 0 Å². The number of carbonyl (C=O) groups excluding carboxylic acids is 1. The van der Waals surface area contributed by atoms with Gasteiger partial charge in [0, 0.05) is 5.69 Å². The standard InChI is InChI=1S/C16H13N5O2/c1-10-11(2)20-21(16(23)14(10)8-18)9-15(22)19-13-5-3-12(7-17)4-6-13/h3-6H,9H2,1-2H3,(H,19,22). The summed E-state index contributed by atoms with van der Waals surface area (Å²) in [5.41, 5.74) is 1.42. The zero-order valence-electron chi connectivity index (χ0n) is 12.6. The monoisotopic (exact) mass is 307 g/mol. The smallest absolute Gasteiger partial charge is 0.285 e. The molecule has 0 saturated carbocycles. The van der Waals surface area contributed by atoms with Crippen molar-refractivity contribution in [3.8, 4) is 12.1 Å². The number of carbonyl (C=O) groups is 1. The highest BCUT2D eigenvalue weighted by atomic mass is 16.2. The second kappa shape index (κ2) is 6.54. The first kappa shape index (κ1) is 15.9. The summed E-state index contributed by atoms with van der Waals surface area (Å²) in [6.45, 7) is 3.02. The Kier molecular flexibility index (Phi) is 4.53. The van der Waals surface area contributed by atoms with Gasteiger partial charge < -0.3 is 5.32 Å². The van der Waals surface area contributed by atoms with E-state index in [9.17, 15) is 9.59 Å². The Labute approximate surface area is 132 Å². The van der Waals surface area contributed by atoms with E-state index in [1.54, 1.807) is 38.1 Å². The molecule has 0 spiro atoms. The fourth-order valence-corrected chi connectivity index (χ4v) is 1.98. The van der Waals surface area contributed by atoms with Gasteiger partial charge in [0.15, 0.2) is 0 Å². The number of benzene rings is 1. The van der Waals surface area contributed by atoms with E-state index >= 15 is 0 Å². The Bertz CT molecular complexity index is 898. The summed E-state index contributed by atoms with van der Waals surface area (Å²) >= 11 is 0. The Hall–Kier alpha value is -3.45. The summed E-state index contributed by atoms with van der Waals surface area (Å²) in [7, 11) is 0. The summed E-state index contributed by atoms with van der Waals surface area (Å²) < 4.78 is 0.972. The molecule has 0 aliphatic rings. The molecule has 114 valence electrons. The van der Waals surface area contributed by atoms with Crippen LogP contribution in [0.5, 0.6) is 0 Å². The minimum absolute atomic E-state index is 0.0105. The van der Waals surface area contributed by atoms with E-state index in [0.717, 1.165) is 4.68 Å². The molecule has 0 bridgehead atoms. The summed E-state index contributed by atoms with van der Waals surface area (Å²) in [5, 5.41) is 24.4. The van der Waals surface area contributed by atoms with Gasteiger partial charge in [-0.3, -0.25) is 9.59 Å². The van der Waals surface area contributed by atoms with Crippen LogP contribution in [-0.2, 0) is 11.3 Å². The first-order valence-electron chi connectivity index (χ1n) is 6.74. The van der Waals surface area contributed by atoms with Crippen LogP contribution in [0.15, 0.2) is 29.1 Å². The number of aromatic nitrogens is 2. The van der Waals surface area contributed by atoms with E-state index in [4.69, 9.17) is 10.5 Å². The van der Waals surface area contributed by atoms with Crippen LogP contribution < -0.4 is 10.9 Å². The van der Waals surface area contributed by atoms with Crippen LogP contribution in [-0.4, -0.2) is 15.7 Å². The van der Waals surface area contributed by atoms with Gasteiger partial charge in [-0.2, -0.15) is 15.6 Å². The van der Waals surface area contributed by atoms with Crippen LogP contribution in [0.1, 0.15) is 22.4 Å². The van der Waals surface area contributed by atoms with Crippen LogP contribution in [0.2, 0.25) is 0 Å². The maximum atomic E-state index is 12.1. The maximum absolute atomic E-state index is 12.1. The first-order chi connectivity index (χ1) is 11.0. The third-order valence-corrected chi connectivity index (χ3v) is 3.34. The number of rotatable bonds is 3. The van der Waals surface area contributed by atoms with Crippen molar-refractivity contribution >= 4 is 11.6 Å². The predicted octanol–water partition coefficient (Wildman–Crippen LogP) is 1.24. The van der Waals surface area contributed by atoms with Gasteiger partial charge in [0.25, 0.3) is 5.56 Å². The average Bonchev–Trinajstić information content (AvgIpc) is 2.54. The van der Waals surface area contributed by atoms with Gasteiger partial charge in [0.1, 0.15) is 18.2 Å². The number of aryl methyl sites for hydroxylation is 1.